The zero-order valence-corrected chi connectivity index (χ0v) is 15.7. The van der Waals surface area contributed by atoms with Crippen LogP contribution in [0.2, 0.25) is 0 Å². The first kappa shape index (κ1) is 20.3. The number of hydrogen-bond acceptors (Lipinski definition) is 5. The predicted molar refractivity (Wildman–Crippen MR) is 103 cm³/mol. The van der Waals surface area contributed by atoms with Crippen molar-refractivity contribution in [3.8, 4) is 0 Å². The van der Waals surface area contributed by atoms with E-state index in [-0.39, 0.29) is 30.4 Å². The highest BCUT2D eigenvalue weighted by molar-refractivity contribution is 5.82. The van der Waals surface area contributed by atoms with Crippen molar-refractivity contribution in [2.75, 3.05) is 13.1 Å². The van der Waals surface area contributed by atoms with Crippen LogP contribution in [0.3, 0.4) is 0 Å². The molecule has 0 radical (unpaired) electrons. The Morgan fingerprint density at radius 3 is 2.41 bits per heavy atom. The number of nitrogens with zero attached hydrogens (tertiary/aromatic N) is 2. The molecule has 2 aromatic rings. The van der Waals surface area contributed by atoms with Gasteiger partial charge in [-0.1, -0.05) is 12.1 Å². The van der Waals surface area contributed by atoms with Gasteiger partial charge in [0.25, 0.3) is 12.0 Å². The number of carbonyl (C=O) groups excluding carboxylic acids is 2. The van der Waals surface area contributed by atoms with Crippen molar-refractivity contribution in [1.29, 1.82) is 0 Å². The van der Waals surface area contributed by atoms with Crippen LogP contribution in [-0.4, -0.2) is 56.5 Å². The fourth-order valence-corrected chi connectivity index (χ4v) is 3.97. The van der Waals surface area contributed by atoms with Crippen LogP contribution in [-0.2, 0) is 20.9 Å². The van der Waals surface area contributed by atoms with E-state index in [1.54, 1.807) is 29.2 Å². The maximum absolute atomic E-state index is 12.7. The van der Waals surface area contributed by atoms with E-state index in [1.165, 1.54) is 4.57 Å². The third kappa shape index (κ3) is 4.20. The van der Waals surface area contributed by atoms with Gasteiger partial charge in [-0.15, -0.1) is 0 Å². The number of aromatic amines is 1. The molecule has 2 aliphatic heterocycles. The van der Waals surface area contributed by atoms with Crippen LogP contribution in [0.4, 0.5) is 0 Å². The first-order valence-corrected chi connectivity index (χ1v) is 9.28. The Bertz CT molecular complexity index is 1050. The summed E-state index contributed by atoms with van der Waals surface area (Å²) >= 11 is 0. The SMILES string of the molecule is O=C1CCC2(CCN(C(=O)Cn3c(=O)[nH]c(=O)c4ccccc43)CC2)N1.O=CO. The largest absolute Gasteiger partial charge is 0.483 e. The van der Waals surface area contributed by atoms with Crippen LogP contribution >= 0.6 is 0 Å². The summed E-state index contributed by atoms with van der Waals surface area (Å²) in [5, 5.41) is 10.3. The first-order chi connectivity index (χ1) is 13.9. The van der Waals surface area contributed by atoms with Crippen LogP contribution in [0.15, 0.2) is 33.9 Å². The monoisotopic (exact) mass is 402 g/mol. The van der Waals surface area contributed by atoms with E-state index in [9.17, 15) is 19.2 Å². The highest BCUT2D eigenvalue weighted by Gasteiger charge is 2.41. The Kier molecular flexibility index (Phi) is 5.81. The Labute approximate surface area is 165 Å². The summed E-state index contributed by atoms with van der Waals surface area (Å²) in [6.07, 6.45) is 2.82. The van der Waals surface area contributed by atoms with Gasteiger partial charge in [0.1, 0.15) is 6.54 Å². The average molecular weight is 402 g/mol. The standard InChI is InChI=1S/C18H20N4O4.CH2O2/c23-14-5-6-18(20-14)7-9-21(10-8-18)15(24)11-22-13-4-2-1-3-12(13)16(25)19-17(22)26;2-1-3/h1-4H,5-11H2,(H,20,23)(H,19,25,26);1H,(H,2,3). The number of rotatable bonds is 2. The molecule has 29 heavy (non-hydrogen) atoms. The third-order valence-corrected chi connectivity index (χ3v) is 5.51. The lowest BCUT2D eigenvalue weighted by molar-refractivity contribution is -0.133. The number of carboxylic acid groups (broad SMARTS) is 1. The minimum absolute atomic E-state index is 0.0797. The van der Waals surface area contributed by atoms with Crippen molar-refractivity contribution < 1.29 is 19.5 Å². The molecule has 2 amide bonds. The van der Waals surface area contributed by atoms with Gasteiger partial charge < -0.3 is 15.3 Å². The lowest BCUT2D eigenvalue weighted by atomic mass is 9.86. The zero-order valence-electron chi connectivity index (χ0n) is 15.7. The van der Waals surface area contributed by atoms with E-state index in [4.69, 9.17) is 9.90 Å². The first-order valence-electron chi connectivity index (χ1n) is 9.28. The summed E-state index contributed by atoms with van der Waals surface area (Å²) < 4.78 is 1.31. The molecule has 10 heteroatoms. The molecule has 154 valence electrons. The third-order valence-electron chi connectivity index (χ3n) is 5.51. The zero-order chi connectivity index (χ0) is 21.0. The van der Waals surface area contributed by atoms with Crippen molar-refractivity contribution in [3.63, 3.8) is 0 Å². The maximum Gasteiger partial charge on any atom is 0.329 e. The molecule has 2 saturated heterocycles. The molecule has 3 heterocycles. The molecule has 0 atom stereocenters. The van der Waals surface area contributed by atoms with Gasteiger partial charge in [0.05, 0.1) is 10.9 Å². The Morgan fingerprint density at radius 2 is 1.79 bits per heavy atom. The Hall–Kier alpha value is -3.43. The topological polar surface area (TPSA) is 142 Å². The van der Waals surface area contributed by atoms with Gasteiger partial charge in [-0.2, -0.15) is 0 Å². The normalized spacial score (nSPS) is 17.5. The van der Waals surface area contributed by atoms with Gasteiger partial charge in [0.15, 0.2) is 0 Å². The minimum atomic E-state index is -0.585. The smallest absolute Gasteiger partial charge is 0.329 e. The fraction of sp³-hybridized carbons (Fsp3) is 0.421. The molecule has 3 N–H and O–H groups in total. The number of fused-ring (bicyclic) bond motifs is 1. The second-order valence-electron chi connectivity index (χ2n) is 7.18. The number of hydrogen-bond donors (Lipinski definition) is 3. The van der Waals surface area contributed by atoms with Gasteiger partial charge in [0, 0.05) is 25.0 Å². The molecule has 0 aliphatic carbocycles. The summed E-state index contributed by atoms with van der Waals surface area (Å²) in [5.74, 6) is -0.0838. The maximum atomic E-state index is 12.7. The molecule has 2 aliphatic rings. The number of amides is 2. The van der Waals surface area contributed by atoms with Crippen molar-refractivity contribution in [3.05, 3.63) is 45.1 Å². The van der Waals surface area contributed by atoms with E-state index < -0.39 is 11.2 Å². The van der Waals surface area contributed by atoms with Crippen LogP contribution in [0, 0.1) is 0 Å². The van der Waals surface area contributed by atoms with Gasteiger partial charge in [-0.3, -0.25) is 28.7 Å². The Balaban J connectivity index is 0.000000755. The van der Waals surface area contributed by atoms with E-state index in [1.807, 2.05) is 0 Å². The summed E-state index contributed by atoms with van der Waals surface area (Å²) in [6.45, 7) is 0.736. The molecular weight excluding hydrogens is 380 g/mol. The van der Waals surface area contributed by atoms with Crippen molar-refractivity contribution in [2.24, 2.45) is 0 Å². The lowest BCUT2D eigenvalue weighted by Gasteiger charge is -2.39. The number of likely N-dealkylation sites (tertiary alicyclic amines) is 1. The average Bonchev–Trinajstić information content (AvgIpc) is 3.06. The van der Waals surface area contributed by atoms with Crippen LogP contribution < -0.4 is 16.6 Å². The molecule has 1 spiro atoms. The van der Waals surface area contributed by atoms with Gasteiger partial charge in [0.2, 0.25) is 11.8 Å². The van der Waals surface area contributed by atoms with Gasteiger partial charge in [-0.05, 0) is 31.4 Å². The van der Waals surface area contributed by atoms with Crippen LogP contribution in [0.5, 0.6) is 0 Å². The number of benzene rings is 1. The van der Waals surface area contributed by atoms with E-state index in [0.717, 1.165) is 19.3 Å². The number of carbonyl (C=O) groups is 3. The van der Waals surface area contributed by atoms with E-state index in [0.29, 0.717) is 30.4 Å². The molecule has 10 nitrogen and oxygen atoms in total. The second-order valence-corrected chi connectivity index (χ2v) is 7.18. The van der Waals surface area contributed by atoms with E-state index in [2.05, 4.69) is 10.3 Å². The molecule has 0 bridgehead atoms. The summed E-state index contributed by atoms with van der Waals surface area (Å²) in [6, 6.07) is 6.74. The number of para-hydroxylation sites is 1. The number of piperidine rings is 1. The molecule has 0 unspecified atom stereocenters. The second kappa shape index (κ2) is 8.29. The number of H-pyrrole nitrogens is 1. The lowest BCUT2D eigenvalue weighted by Crippen LogP contribution is -2.53. The highest BCUT2D eigenvalue weighted by atomic mass is 16.3. The van der Waals surface area contributed by atoms with Gasteiger partial charge >= 0.3 is 5.69 Å². The van der Waals surface area contributed by atoms with Gasteiger partial charge in [-0.25, -0.2) is 4.79 Å². The minimum Gasteiger partial charge on any atom is -0.483 e. The molecule has 4 rings (SSSR count). The predicted octanol–water partition coefficient (Wildman–Crippen LogP) is -0.338. The van der Waals surface area contributed by atoms with Crippen LogP contribution in [0.1, 0.15) is 25.7 Å². The number of nitrogens with one attached hydrogen (secondary N) is 2. The van der Waals surface area contributed by atoms with E-state index >= 15 is 0 Å². The Morgan fingerprint density at radius 1 is 1.14 bits per heavy atom. The molecular formula is C19H22N4O6. The summed E-state index contributed by atoms with van der Waals surface area (Å²) in [5.41, 5.74) is -0.758. The molecule has 0 saturated carbocycles. The summed E-state index contributed by atoms with van der Waals surface area (Å²) in [7, 11) is 0. The fourth-order valence-electron chi connectivity index (χ4n) is 3.97. The quantitative estimate of drug-likeness (QED) is 0.587. The van der Waals surface area contributed by atoms with Crippen molar-refractivity contribution in [1.82, 2.24) is 19.8 Å². The van der Waals surface area contributed by atoms with Crippen molar-refractivity contribution >= 4 is 29.2 Å². The van der Waals surface area contributed by atoms with Crippen molar-refractivity contribution in [2.45, 2.75) is 37.8 Å². The summed E-state index contributed by atoms with van der Waals surface area (Å²) in [4.78, 5) is 60.7. The molecule has 1 aromatic carbocycles. The highest BCUT2D eigenvalue weighted by Crippen LogP contribution is 2.31. The van der Waals surface area contributed by atoms with Crippen LogP contribution in [0.25, 0.3) is 10.9 Å². The molecule has 1 aromatic heterocycles. The number of aromatic nitrogens is 2. The molecule has 2 fully saturated rings.